The van der Waals surface area contributed by atoms with E-state index in [0.717, 1.165) is 29.8 Å². The minimum Gasteiger partial charge on any atom is -0.310 e. The average Bonchev–Trinajstić information content (AvgIpc) is 2.56. The lowest BCUT2D eigenvalue weighted by molar-refractivity contribution is -0.123. The van der Waals surface area contributed by atoms with Crippen molar-refractivity contribution in [1.82, 2.24) is 19.9 Å². The highest BCUT2D eigenvalue weighted by atomic mass is 16.2. The number of nitrogens with one attached hydrogen (secondary N) is 2. The summed E-state index contributed by atoms with van der Waals surface area (Å²) in [5.74, 6) is 1.16. The smallest absolute Gasteiger partial charge is 0.255 e. The Morgan fingerprint density at radius 1 is 1.38 bits per heavy atom. The topological polar surface area (TPSA) is 91.0 Å². The summed E-state index contributed by atoms with van der Waals surface area (Å²) in [6.45, 7) is 9.37. The Bertz CT molecular complexity index is 882. The molecule has 0 fully saturated rings. The van der Waals surface area contributed by atoms with E-state index in [4.69, 9.17) is 0 Å². The van der Waals surface area contributed by atoms with Crippen molar-refractivity contribution in [3.63, 3.8) is 0 Å². The highest BCUT2D eigenvalue weighted by Gasteiger charge is 2.24. The van der Waals surface area contributed by atoms with Crippen LogP contribution >= 0.6 is 0 Å². The lowest BCUT2D eigenvalue weighted by atomic mass is 9.95. The minimum absolute atomic E-state index is 0.0651. The molecule has 1 aliphatic heterocycles. The quantitative estimate of drug-likeness (QED) is 0.879. The van der Waals surface area contributed by atoms with Crippen LogP contribution in [0.15, 0.2) is 23.1 Å². The van der Waals surface area contributed by atoms with E-state index in [1.165, 1.54) is 0 Å². The number of anilines is 1. The van der Waals surface area contributed by atoms with Crippen molar-refractivity contribution in [1.29, 1.82) is 0 Å². The summed E-state index contributed by atoms with van der Waals surface area (Å²) in [5.41, 5.74) is 1.99. The first-order valence-corrected chi connectivity index (χ1v) is 8.80. The lowest BCUT2D eigenvalue weighted by Crippen LogP contribution is -2.36. The van der Waals surface area contributed by atoms with Gasteiger partial charge in [0, 0.05) is 43.2 Å². The number of rotatable bonds is 3. The molecule has 1 aliphatic rings. The van der Waals surface area contributed by atoms with Crippen molar-refractivity contribution in [2.24, 2.45) is 5.41 Å². The van der Waals surface area contributed by atoms with Crippen molar-refractivity contribution in [2.45, 2.75) is 47.2 Å². The predicted octanol–water partition coefficient (Wildman–Crippen LogP) is 2.02. The molecular formula is C19H25N5O2. The van der Waals surface area contributed by atoms with Gasteiger partial charge in [-0.1, -0.05) is 26.8 Å². The molecule has 2 aromatic rings. The fourth-order valence-electron chi connectivity index (χ4n) is 2.95. The molecule has 3 rings (SSSR count). The lowest BCUT2D eigenvalue weighted by Gasteiger charge is -2.28. The van der Waals surface area contributed by atoms with E-state index >= 15 is 0 Å². The molecule has 0 bridgehead atoms. The fraction of sp³-hybridized carbons (Fsp3) is 0.474. The number of carbonyl (C=O) groups excluding carboxylic acids is 1. The molecule has 138 valence electrons. The molecule has 0 radical (unpaired) electrons. The Morgan fingerprint density at radius 3 is 2.88 bits per heavy atom. The SMILES string of the molecule is Cc1nc2c(c(=O)[nH]1)CN(Cc1cccnc1NC(=O)C(C)(C)C)CC2. The number of pyridine rings is 1. The summed E-state index contributed by atoms with van der Waals surface area (Å²) < 4.78 is 0. The molecule has 3 heterocycles. The summed E-state index contributed by atoms with van der Waals surface area (Å²) in [5, 5.41) is 2.92. The first-order chi connectivity index (χ1) is 12.2. The number of aromatic amines is 1. The van der Waals surface area contributed by atoms with Crippen LogP contribution in [0.3, 0.4) is 0 Å². The number of hydrogen-bond acceptors (Lipinski definition) is 5. The van der Waals surface area contributed by atoms with Crippen LogP contribution < -0.4 is 10.9 Å². The summed E-state index contributed by atoms with van der Waals surface area (Å²) in [7, 11) is 0. The number of aryl methyl sites for hydroxylation is 1. The van der Waals surface area contributed by atoms with Crippen molar-refractivity contribution in [2.75, 3.05) is 11.9 Å². The van der Waals surface area contributed by atoms with E-state index in [2.05, 4.69) is 25.2 Å². The van der Waals surface area contributed by atoms with Crippen LogP contribution in [0.2, 0.25) is 0 Å². The summed E-state index contributed by atoms with van der Waals surface area (Å²) in [6.07, 6.45) is 2.41. The number of carbonyl (C=O) groups is 1. The zero-order valence-corrected chi connectivity index (χ0v) is 15.7. The van der Waals surface area contributed by atoms with Crippen molar-refractivity contribution >= 4 is 11.7 Å². The van der Waals surface area contributed by atoms with E-state index in [1.807, 2.05) is 32.9 Å². The average molecular weight is 355 g/mol. The number of H-pyrrole nitrogens is 1. The van der Waals surface area contributed by atoms with E-state index in [-0.39, 0.29) is 11.5 Å². The second kappa shape index (κ2) is 6.99. The van der Waals surface area contributed by atoms with Crippen molar-refractivity contribution in [3.8, 4) is 0 Å². The van der Waals surface area contributed by atoms with Crippen LogP contribution in [0, 0.1) is 12.3 Å². The Labute approximate surface area is 152 Å². The number of fused-ring (bicyclic) bond motifs is 1. The first-order valence-electron chi connectivity index (χ1n) is 8.80. The van der Waals surface area contributed by atoms with Gasteiger partial charge in [0.15, 0.2) is 0 Å². The molecular weight excluding hydrogens is 330 g/mol. The monoisotopic (exact) mass is 355 g/mol. The summed E-state index contributed by atoms with van der Waals surface area (Å²) in [6, 6.07) is 3.82. The zero-order valence-electron chi connectivity index (χ0n) is 15.7. The van der Waals surface area contributed by atoms with Gasteiger partial charge >= 0.3 is 0 Å². The largest absolute Gasteiger partial charge is 0.310 e. The van der Waals surface area contributed by atoms with Crippen LogP contribution in [-0.2, 0) is 24.3 Å². The highest BCUT2D eigenvalue weighted by molar-refractivity contribution is 5.94. The Kier molecular flexibility index (Phi) is 4.91. The molecule has 26 heavy (non-hydrogen) atoms. The van der Waals surface area contributed by atoms with Crippen LogP contribution in [0.25, 0.3) is 0 Å². The molecule has 7 nitrogen and oxygen atoms in total. The predicted molar refractivity (Wildman–Crippen MR) is 99.7 cm³/mol. The normalized spacial score (nSPS) is 14.8. The number of hydrogen-bond donors (Lipinski definition) is 2. The van der Waals surface area contributed by atoms with Gasteiger partial charge in [0.05, 0.1) is 11.3 Å². The maximum Gasteiger partial charge on any atom is 0.255 e. The second-order valence-corrected chi connectivity index (χ2v) is 7.75. The molecule has 0 atom stereocenters. The van der Waals surface area contributed by atoms with Gasteiger partial charge in [-0.25, -0.2) is 9.97 Å². The Morgan fingerprint density at radius 2 is 2.15 bits per heavy atom. The van der Waals surface area contributed by atoms with Crippen molar-refractivity contribution < 1.29 is 4.79 Å². The van der Waals surface area contributed by atoms with E-state index in [9.17, 15) is 9.59 Å². The van der Waals surface area contributed by atoms with Gasteiger partial charge < -0.3 is 10.3 Å². The van der Waals surface area contributed by atoms with E-state index in [1.54, 1.807) is 13.1 Å². The van der Waals surface area contributed by atoms with Gasteiger partial charge in [-0.2, -0.15) is 0 Å². The third-order valence-corrected chi connectivity index (χ3v) is 4.46. The van der Waals surface area contributed by atoms with Gasteiger partial charge in [-0.15, -0.1) is 0 Å². The van der Waals surface area contributed by atoms with Crippen LogP contribution in [-0.4, -0.2) is 32.3 Å². The molecule has 0 spiro atoms. The third-order valence-electron chi connectivity index (χ3n) is 4.46. The van der Waals surface area contributed by atoms with E-state index < -0.39 is 5.41 Å². The molecule has 7 heteroatoms. The second-order valence-electron chi connectivity index (χ2n) is 7.75. The van der Waals surface area contributed by atoms with Gasteiger partial charge in [-0.05, 0) is 13.0 Å². The van der Waals surface area contributed by atoms with Crippen LogP contribution in [0.1, 0.15) is 43.4 Å². The van der Waals surface area contributed by atoms with Gasteiger partial charge in [0.2, 0.25) is 5.91 Å². The van der Waals surface area contributed by atoms with Gasteiger partial charge in [0.25, 0.3) is 5.56 Å². The molecule has 2 aromatic heterocycles. The first kappa shape index (κ1) is 18.3. The molecule has 0 saturated heterocycles. The number of aromatic nitrogens is 3. The third kappa shape index (κ3) is 3.99. The Hall–Kier alpha value is -2.54. The van der Waals surface area contributed by atoms with Crippen LogP contribution in [0.4, 0.5) is 5.82 Å². The Balaban J connectivity index is 1.78. The van der Waals surface area contributed by atoms with Gasteiger partial charge in [-0.3, -0.25) is 14.5 Å². The van der Waals surface area contributed by atoms with Crippen LogP contribution in [0.5, 0.6) is 0 Å². The zero-order chi connectivity index (χ0) is 18.9. The molecule has 0 unspecified atom stereocenters. The maximum absolute atomic E-state index is 12.3. The van der Waals surface area contributed by atoms with Gasteiger partial charge in [0.1, 0.15) is 11.6 Å². The summed E-state index contributed by atoms with van der Waals surface area (Å²) in [4.78, 5) is 38.2. The molecule has 0 aliphatic carbocycles. The maximum atomic E-state index is 12.3. The minimum atomic E-state index is -0.490. The molecule has 0 aromatic carbocycles. The number of amides is 1. The molecule has 2 N–H and O–H groups in total. The van der Waals surface area contributed by atoms with E-state index in [0.29, 0.717) is 24.7 Å². The summed E-state index contributed by atoms with van der Waals surface area (Å²) >= 11 is 0. The standard InChI is InChI=1S/C19H25N5O2/c1-12-21-15-7-9-24(11-14(15)17(25)22-12)10-13-6-5-8-20-16(13)23-18(26)19(2,3)4/h5-6,8H,7,9-11H2,1-4H3,(H,20,23,26)(H,21,22,25). The number of nitrogens with zero attached hydrogens (tertiary/aromatic N) is 3. The highest BCUT2D eigenvalue weighted by Crippen LogP contribution is 2.22. The molecule has 0 saturated carbocycles. The van der Waals surface area contributed by atoms with Crippen molar-refractivity contribution in [3.05, 3.63) is 51.3 Å². The molecule has 1 amide bonds. The fourth-order valence-corrected chi connectivity index (χ4v) is 2.95.